The van der Waals surface area contributed by atoms with E-state index < -0.39 is 0 Å². The summed E-state index contributed by atoms with van der Waals surface area (Å²) in [6.07, 6.45) is 15.8. The molecule has 0 bridgehead atoms. The Kier molecular flexibility index (Phi) is 13.0. The summed E-state index contributed by atoms with van der Waals surface area (Å²) in [7, 11) is 6.11. The summed E-state index contributed by atoms with van der Waals surface area (Å²) >= 11 is 0. The molecule has 2 heterocycles. The fourth-order valence-corrected chi connectivity index (χ4v) is 4.21. The largest absolute Gasteiger partial charge is 0.586 e. The molecule has 0 fully saturated rings. The van der Waals surface area contributed by atoms with E-state index in [0.717, 1.165) is 42.2 Å². The normalized spacial score (nSPS) is 14.0. The van der Waals surface area contributed by atoms with Gasteiger partial charge in [-0.3, -0.25) is 13.9 Å². The number of hydrogen-bond donors (Lipinski definition) is 2. The van der Waals surface area contributed by atoms with Crippen LogP contribution in [0.2, 0.25) is 0 Å². The second-order valence-electron chi connectivity index (χ2n) is 8.72. The highest BCUT2D eigenvalue weighted by Crippen LogP contribution is 2.28. The maximum absolute atomic E-state index is 6.11. The van der Waals surface area contributed by atoms with Crippen LogP contribution < -0.4 is 10.6 Å². The van der Waals surface area contributed by atoms with Crippen LogP contribution in [0, 0.1) is 6.92 Å². The maximum Gasteiger partial charge on any atom is 0.586 e. The van der Waals surface area contributed by atoms with Crippen molar-refractivity contribution in [3.8, 4) is 0 Å². The van der Waals surface area contributed by atoms with Crippen molar-refractivity contribution in [1.29, 1.82) is 0 Å². The molecule has 0 amide bonds. The average Bonchev–Trinajstić information content (AvgIpc) is 3.41. The van der Waals surface area contributed by atoms with Gasteiger partial charge < -0.3 is 15.6 Å². The maximum atomic E-state index is 6.11. The Labute approximate surface area is 210 Å². The van der Waals surface area contributed by atoms with E-state index >= 15 is 0 Å². The molecule has 1 aromatic heterocycles. The number of allylic oxidation sites excluding steroid dienone is 2. The van der Waals surface area contributed by atoms with Crippen molar-refractivity contribution in [2.24, 2.45) is 5.73 Å². The molecule has 2 aromatic rings. The lowest BCUT2D eigenvalue weighted by molar-refractivity contribution is -0.294. The molecule has 35 heavy (non-hydrogen) atoms. The first-order chi connectivity index (χ1) is 16.1. The SMILES string of the molecule is F.F.[B][N+]1=CC=CC1=C(CCN)c1[nH]c(/C=C/c2ccc(N(CCCC)CCCC)cc2)cc1C. The highest BCUT2D eigenvalue weighted by molar-refractivity contribution is 6.01. The second kappa shape index (κ2) is 15.1. The minimum Gasteiger partial charge on any atom is -0.372 e. The number of rotatable bonds is 12. The van der Waals surface area contributed by atoms with Gasteiger partial charge in [0.15, 0.2) is 5.70 Å². The third-order valence-corrected chi connectivity index (χ3v) is 6.10. The van der Waals surface area contributed by atoms with Crippen molar-refractivity contribution in [3.63, 3.8) is 0 Å². The van der Waals surface area contributed by atoms with E-state index in [0.29, 0.717) is 6.54 Å². The Bertz CT molecular complexity index is 1030. The minimum absolute atomic E-state index is 0. The van der Waals surface area contributed by atoms with Crippen LogP contribution >= 0.6 is 0 Å². The predicted molar refractivity (Wildman–Crippen MR) is 150 cm³/mol. The van der Waals surface area contributed by atoms with Gasteiger partial charge in [-0.1, -0.05) is 44.9 Å². The molecule has 1 aliphatic heterocycles. The number of halogens is 2. The van der Waals surface area contributed by atoms with E-state index in [-0.39, 0.29) is 9.41 Å². The first-order valence-electron chi connectivity index (χ1n) is 12.3. The Hall–Kier alpha value is -2.93. The summed E-state index contributed by atoms with van der Waals surface area (Å²) in [6, 6.07) is 11.1. The topological polar surface area (TPSA) is 48.1 Å². The summed E-state index contributed by atoms with van der Waals surface area (Å²) in [5.74, 6) is 0. The van der Waals surface area contributed by atoms with E-state index in [2.05, 4.69) is 73.1 Å². The molecule has 3 rings (SSSR count). The molecule has 188 valence electrons. The van der Waals surface area contributed by atoms with Crippen molar-refractivity contribution in [2.45, 2.75) is 52.9 Å². The summed E-state index contributed by atoms with van der Waals surface area (Å²) in [5.41, 5.74) is 13.9. The van der Waals surface area contributed by atoms with Gasteiger partial charge in [0.05, 0.1) is 5.69 Å². The van der Waals surface area contributed by atoms with Gasteiger partial charge in [-0.25, -0.2) is 0 Å². The van der Waals surface area contributed by atoms with E-state index in [1.165, 1.54) is 42.5 Å². The minimum atomic E-state index is 0. The number of aromatic amines is 1. The highest BCUT2D eigenvalue weighted by atomic mass is 19.0. The smallest absolute Gasteiger partial charge is 0.372 e. The Balaban J connectivity index is 0.00000306. The van der Waals surface area contributed by atoms with Gasteiger partial charge in [0.1, 0.15) is 6.21 Å². The number of anilines is 1. The molecule has 2 radical (unpaired) electrons. The number of hydrogen-bond acceptors (Lipinski definition) is 2. The van der Waals surface area contributed by atoms with Gasteiger partial charge in [0, 0.05) is 42.2 Å². The zero-order chi connectivity index (χ0) is 23.6. The van der Waals surface area contributed by atoms with Crippen molar-refractivity contribution in [1.82, 2.24) is 4.98 Å². The van der Waals surface area contributed by atoms with Crippen molar-refractivity contribution in [3.05, 3.63) is 70.7 Å². The molecular formula is C28H40BF2N4+. The molecule has 3 N–H and O–H groups in total. The van der Waals surface area contributed by atoms with E-state index in [1.807, 2.05) is 18.4 Å². The number of nitrogens with two attached hydrogens (primary N) is 1. The zero-order valence-electron chi connectivity index (χ0n) is 21.3. The van der Waals surface area contributed by atoms with Crippen molar-refractivity contribution in [2.75, 3.05) is 24.5 Å². The van der Waals surface area contributed by atoms with Gasteiger partial charge in [0.25, 0.3) is 0 Å². The molecule has 0 spiro atoms. The third kappa shape index (κ3) is 8.06. The number of unbranched alkanes of at least 4 members (excludes halogenated alkanes) is 2. The predicted octanol–water partition coefficient (Wildman–Crippen LogP) is 6.00. The number of aryl methyl sites for hydroxylation is 1. The number of aromatic nitrogens is 1. The fourth-order valence-electron chi connectivity index (χ4n) is 4.21. The molecule has 1 aliphatic rings. The van der Waals surface area contributed by atoms with E-state index in [9.17, 15) is 0 Å². The summed E-state index contributed by atoms with van der Waals surface area (Å²) in [4.78, 5) is 6.09. The van der Waals surface area contributed by atoms with Gasteiger partial charge >= 0.3 is 7.98 Å². The standard InChI is InChI=1S/C28H38BN4.2FH/c1-4-6-18-32(19-7-5-2)25-14-11-23(12-15-25)10-13-24-21-22(3)28(31-24)26(16-17-30)27-9-8-20-33(27)29;;/h8-15,20-21,31H,4-7,16-19,30H2,1-3H3;2*1H/q+1;;. The molecule has 0 saturated heterocycles. The van der Waals surface area contributed by atoms with Crippen molar-refractivity contribution < 1.29 is 13.9 Å². The molecule has 4 nitrogen and oxygen atoms in total. The summed E-state index contributed by atoms with van der Waals surface area (Å²) in [6.45, 7) is 9.46. The lowest BCUT2D eigenvalue weighted by Gasteiger charge is -2.24. The quantitative estimate of drug-likeness (QED) is 0.365. The van der Waals surface area contributed by atoms with Crippen LogP contribution in [0.15, 0.2) is 48.2 Å². The van der Waals surface area contributed by atoms with Gasteiger partial charge in [-0.2, -0.15) is 0 Å². The van der Waals surface area contributed by atoms with Gasteiger partial charge in [-0.15, -0.1) is 0 Å². The number of nitrogens with zero attached hydrogens (tertiary/aromatic N) is 2. The van der Waals surface area contributed by atoms with Crippen LogP contribution in [0.25, 0.3) is 17.7 Å². The number of benzene rings is 1. The molecule has 0 saturated carbocycles. The monoisotopic (exact) mass is 481 g/mol. The second-order valence-corrected chi connectivity index (χ2v) is 8.72. The van der Waals surface area contributed by atoms with Crippen molar-refractivity contribution >= 4 is 37.6 Å². The summed E-state index contributed by atoms with van der Waals surface area (Å²) in [5, 5.41) is 0. The highest BCUT2D eigenvalue weighted by Gasteiger charge is 2.20. The molecule has 7 heteroatoms. The first kappa shape index (κ1) is 30.1. The first-order valence-corrected chi connectivity index (χ1v) is 12.3. The Morgan fingerprint density at radius 1 is 1.06 bits per heavy atom. The zero-order valence-corrected chi connectivity index (χ0v) is 21.3. The van der Waals surface area contributed by atoms with Gasteiger partial charge in [-0.05, 0) is 68.1 Å². The Morgan fingerprint density at radius 3 is 2.26 bits per heavy atom. The van der Waals surface area contributed by atoms with Crippen LogP contribution in [-0.4, -0.2) is 43.3 Å². The molecule has 0 atom stereocenters. The Morgan fingerprint density at radius 2 is 1.71 bits per heavy atom. The average molecular weight is 481 g/mol. The van der Waals surface area contributed by atoms with Crippen LogP contribution in [0.1, 0.15) is 68.5 Å². The molecular weight excluding hydrogens is 441 g/mol. The van der Waals surface area contributed by atoms with Crippen LogP contribution in [0.3, 0.4) is 0 Å². The molecule has 0 aliphatic carbocycles. The van der Waals surface area contributed by atoms with E-state index in [4.69, 9.17) is 13.7 Å². The number of H-pyrrole nitrogens is 1. The summed E-state index contributed by atoms with van der Waals surface area (Å²) < 4.78 is 1.66. The van der Waals surface area contributed by atoms with Crippen LogP contribution in [-0.2, 0) is 0 Å². The molecule has 1 aromatic carbocycles. The third-order valence-electron chi connectivity index (χ3n) is 6.10. The van der Waals surface area contributed by atoms with Crippen LogP contribution in [0.4, 0.5) is 15.1 Å². The fraction of sp³-hybridized carbons (Fsp3) is 0.393. The van der Waals surface area contributed by atoms with Crippen LogP contribution in [0.5, 0.6) is 0 Å². The molecule has 0 unspecified atom stereocenters. The lowest BCUT2D eigenvalue weighted by atomic mass is 10.0. The van der Waals surface area contributed by atoms with E-state index in [1.54, 1.807) is 4.49 Å². The number of nitrogens with one attached hydrogen (secondary N) is 1. The van der Waals surface area contributed by atoms with Gasteiger partial charge in [0.2, 0.25) is 0 Å². The lowest BCUT2D eigenvalue weighted by Crippen LogP contribution is -2.25.